The topological polar surface area (TPSA) is 41.6 Å². The standard InChI is InChI=1S/C20H23FN2O2/c21-18-7-9-19(10-8-18)25-15-20(24)22-13-16-3-5-17(6-4-16)14-23-11-1-2-12-23/h3-10H,1-2,11-15H2,(H,22,24). The molecule has 0 bridgehead atoms. The average Bonchev–Trinajstić information content (AvgIpc) is 3.14. The van der Waals surface area contributed by atoms with Crippen LogP contribution in [0.3, 0.4) is 0 Å². The van der Waals surface area contributed by atoms with Crippen LogP contribution in [0.1, 0.15) is 24.0 Å². The highest BCUT2D eigenvalue weighted by atomic mass is 19.1. The molecule has 1 aliphatic rings. The molecule has 0 unspecified atom stereocenters. The number of benzene rings is 2. The van der Waals surface area contributed by atoms with E-state index in [1.807, 2.05) is 12.1 Å². The fourth-order valence-electron chi connectivity index (χ4n) is 2.89. The normalized spacial score (nSPS) is 14.4. The third kappa shape index (κ3) is 5.57. The van der Waals surface area contributed by atoms with Crippen LogP contribution in [-0.2, 0) is 17.9 Å². The summed E-state index contributed by atoms with van der Waals surface area (Å²) in [6.07, 6.45) is 2.59. The fourth-order valence-corrected chi connectivity index (χ4v) is 2.89. The van der Waals surface area contributed by atoms with Crippen molar-refractivity contribution in [2.24, 2.45) is 0 Å². The van der Waals surface area contributed by atoms with Gasteiger partial charge in [0, 0.05) is 13.1 Å². The molecule has 1 aliphatic heterocycles. The van der Waals surface area contributed by atoms with Crippen molar-refractivity contribution in [1.82, 2.24) is 10.2 Å². The van der Waals surface area contributed by atoms with Crippen molar-refractivity contribution in [3.05, 3.63) is 65.5 Å². The Labute approximate surface area is 147 Å². The molecular formula is C20H23FN2O2. The van der Waals surface area contributed by atoms with E-state index in [0.29, 0.717) is 12.3 Å². The summed E-state index contributed by atoms with van der Waals surface area (Å²) >= 11 is 0. The minimum Gasteiger partial charge on any atom is -0.484 e. The Morgan fingerprint density at radius 1 is 1.00 bits per heavy atom. The van der Waals surface area contributed by atoms with Crippen molar-refractivity contribution in [3.8, 4) is 5.75 Å². The number of rotatable bonds is 7. The predicted molar refractivity (Wildman–Crippen MR) is 94.7 cm³/mol. The van der Waals surface area contributed by atoms with Crippen molar-refractivity contribution < 1.29 is 13.9 Å². The zero-order chi connectivity index (χ0) is 17.5. The first kappa shape index (κ1) is 17.4. The van der Waals surface area contributed by atoms with Crippen LogP contribution in [0.5, 0.6) is 5.75 Å². The number of hydrogen-bond acceptors (Lipinski definition) is 3. The molecule has 1 saturated heterocycles. The van der Waals surface area contributed by atoms with E-state index < -0.39 is 0 Å². The molecule has 1 heterocycles. The predicted octanol–water partition coefficient (Wildman–Crippen LogP) is 3.12. The van der Waals surface area contributed by atoms with Crippen molar-refractivity contribution in [2.75, 3.05) is 19.7 Å². The van der Waals surface area contributed by atoms with Crippen LogP contribution < -0.4 is 10.1 Å². The summed E-state index contributed by atoms with van der Waals surface area (Å²) in [5, 5.41) is 2.82. The van der Waals surface area contributed by atoms with Gasteiger partial charge in [-0.15, -0.1) is 0 Å². The number of hydrogen-bond donors (Lipinski definition) is 1. The lowest BCUT2D eigenvalue weighted by Crippen LogP contribution is -2.28. The number of carbonyl (C=O) groups is 1. The minimum absolute atomic E-state index is 0.0846. The van der Waals surface area contributed by atoms with Crippen molar-refractivity contribution in [3.63, 3.8) is 0 Å². The molecule has 0 spiro atoms. The molecular weight excluding hydrogens is 319 g/mol. The fraction of sp³-hybridized carbons (Fsp3) is 0.350. The second-order valence-corrected chi connectivity index (χ2v) is 6.32. The van der Waals surface area contributed by atoms with Gasteiger partial charge in [-0.2, -0.15) is 0 Å². The van der Waals surface area contributed by atoms with Gasteiger partial charge in [0.25, 0.3) is 5.91 Å². The summed E-state index contributed by atoms with van der Waals surface area (Å²) in [5.74, 6) is -0.0572. The Kier molecular flexibility index (Phi) is 6.01. The Hall–Kier alpha value is -2.40. The zero-order valence-corrected chi connectivity index (χ0v) is 14.2. The molecule has 1 fully saturated rings. The van der Waals surface area contributed by atoms with Crippen LogP contribution in [0.2, 0.25) is 0 Å². The van der Waals surface area contributed by atoms with E-state index in [0.717, 1.165) is 12.1 Å². The van der Waals surface area contributed by atoms with Crippen LogP contribution in [0.25, 0.3) is 0 Å². The quantitative estimate of drug-likeness (QED) is 0.841. The minimum atomic E-state index is -0.329. The molecule has 1 N–H and O–H groups in total. The van der Waals surface area contributed by atoms with Crippen molar-refractivity contribution in [1.29, 1.82) is 0 Å². The molecule has 0 aromatic heterocycles. The third-order valence-electron chi connectivity index (χ3n) is 4.30. The van der Waals surface area contributed by atoms with Crippen LogP contribution in [0.4, 0.5) is 4.39 Å². The van der Waals surface area contributed by atoms with Gasteiger partial charge in [-0.1, -0.05) is 24.3 Å². The monoisotopic (exact) mass is 342 g/mol. The summed E-state index contributed by atoms with van der Waals surface area (Å²) in [4.78, 5) is 14.3. The maximum atomic E-state index is 12.8. The van der Waals surface area contributed by atoms with Gasteiger partial charge in [-0.05, 0) is 61.3 Å². The first-order chi connectivity index (χ1) is 12.2. The summed E-state index contributed by atoms with van der Waals surface area (Å²) in [6, 6.07) is 13.9. The third-order valence-corrected chi connectivity index (χ3v) is 4.30. The molecule has 0 atom stereocenters. The Bertz CT molecular complexity index is 680. The highest BCUT2D eigenvalue weighted by molar-refractivity contribution is 5.77. The van der Waals surface area contributed by atoms with Gasteiger partial charge in [0.2, 0.25) is 0 Å². The van der Waals surface area contributed by atoms with Gasteiger partial charge in [-0.3, -0.25) is 9.69 Å². The van der Waals surface area contributed by atoms with Crippen LogP contribution in [-0.4, -0.2) is 30.5 Å². The number of amides is 1. The number of halogens is 1. The van der Waals surface area contributed by atoms with E-state index in [1.54, 1.807) is 0 Å². The number of ether oxygens (including phenoxy) is 1. The largest absolute Gasteiger partial charge is 0.484 e. The summed E-state index contributed by atoms with van der Waals surface area (Å²) in [5.41, 5.74) is 2.36. The van der Waals surface area contributed by atoms with E-state index in [2.05, 4.69) is 22.3 Å². The molecule has 3 rings (SSSR count). The summed E-state index contributed by atoms with van der Waals surface area (Å²) in [6.45, 7) is 3.75. The van der Waals surface area contributed by atoms with Crippen LogP contribution in [0, 0.1) is 5.82 Å². The first-order valence-electron chi connectivity index (χ1n) is 8.64. The average molecular weight is 342 g/mol. The Morgan fingerprint density at radius 3 is 2.32 bits per heavy atom. The van der Waals surface area contributed by atoms with E-state index in [-0.39, 0.29) is 18.3 Å². The molecule has 0 aliphatic carbocycles. The summed E-state index contributed by atoms with van der Waals surface area (Å²) < 4.78 is 18.1. The number of nitrogens with one attached hydrogen (secondary N) is 1. The maximum Gasteiger partial charge on any atom is 0.258 e. The first-order valence-corrected chi connectivity index (χ1v) is 8.64. The van der Waals surface area contributed by atoms with Gasteiger partial charge in [-0.25, -0.2) is 4.39 Å². The van der Waals surface area contributed by atoms with Gasteiger partial charge in [0.1, 0.15) is 11.6 Å². The molecule has 0 radical (unpaired) electrons. The lowest BCUT2D eigenvalue weighted by molar-refractivity contribution is -0.123. The van der Waals surface area contributed by atoms with Crippen LogP contribution in [0.15, 0.2) is 48.5 Å². The van der Waals surface area contributed by atoms with Gasteiger partial charge >= 0.3 is 0 Å². The number of carbonyl (C=O) groups excluding carboxylic acids is 1. The molecule has 5 heteroatoms. The van der Waals surface area contributed by atoms with Crippen molar-refractivity contribution in [2.45, 2.75) is 25.9 Å². The molecule has 2 aromatic carbocycles. The molecule has 4 nitrogen and oxygen atoms in total. The SMILES string of the molecule is O=C(COc1ccc(F)cc1)NCc1ccc(CN2CCCC2)cc1. The smallest absolute Gasteiger partial charge is 0.258 e. The second-order valence-electron chi connectivity index (χ2n) is 6.32. The Morgan fingerprint density at radius 2 is 1.64 bits per heavy atom. The molecule has 25 heavy (non-hydrogen) atoms. The number of nitrogens with zero attached hydrogens (tertiary/aromatic N) is 1. The van der Waals surface area contributed by atoms with Gasteiger partial charge in [0.15, 0.2) is 6.61 Å². The molecule has 2 aromatic rings. The van der Waals surface area contributed by atoms with E-state index in [9.17, 15) is 9.18 Å². The van der Waals surface area contributed by atoms with Gasteiger partial charge in [0.05, 0.1) is 0 Å². The lowest BCUT2D eigenvalue weighted by Gasteiger charge is -2.14. The maximum absolute atomic E-state index is 12.8. The summed E-state index contributed by atoms with van der Waals surface area (Å²) in [7, 11) is 0. The van der Waals surface area contributed by atoms with E-state index >= 15 is 0 Å². The molecule has 0 saturated carbocycles. The van der Waals surface area contributed by atoms with Gasteiger partial charge < -0.3 is 10.1 Å². The highest BCUT2D eigenvalue weighted by Gasteiger charge is 2.11. The van der Waals surface area contributed by atoms with E-state index in [4.69, 9.17) is 4.74 Å². The molecule has 1 amide bonds. The lowest BCUT2D eigenvalue weighted by atomic mass is 10.1. The highest BCUT2D eigenvalue weighted by Crippen LogP contribution is 2.13. The number of likely N-dealkylation sites (tertiary alicyclic amines) is 1. The zero-order valence-electron chi connectivity index (χ0n) is 14.2. The van der Waals surface area contributed by atoms with Crippen molar-refractivity contribution >= 4 is 5.91 Å². The van der Waals surface area contributed by atoms with E-state index in [1.165, 1.54) is 55.8 Å². The Balaban J connectivity index is 1.39. The molecule has 132 valence electrons. The van der Waals surface area contributed by atoms with Crippen LogP contribution >= 0.6 is 0 Å². The second kappa shape index (κ2) is 8.62.